The van der Waals surface area contributed by atoms with Gasteiger partial charge in [-0.05, 0) is 51.4 Å². The Morgan fingerprint density at radius 3 is 1.68 bits per heavy atom. The fraction of sp³-hybridized carbons (Fsp3) is 0.939. The van der Waals surface area contributed by atoms with Gasteiger partial charge in [0.05, 0.1) is 11.3 Å². The predicted octanol–water partition coefficient (Wildman–Crippen LogP) is 10.3. The molecule has 0 heterocycles. The summed E-state index contributed by atoms with van der Waals surface area (Å²) in [5.41, 5.74) is -0.879. The van der Waals surface area contributed by atoms with Crippen LogP contribution in [0.5, 0.6) is 0 Å². The van der Waals surface area contributed by atoms with Crippen LogP contribution in [0.25, 0.3) is 0 Å². The first kappa shape index (κ1) is 34.0. The van der Waals surface area contributed by atoms with E-state index in [2.05, 4.69) is 20.8 Å². The summed E-state index contributed by atoms with van der Waals surface area (Å²) in [6.07, 6.45) is 26.7. The van der Waals surface area contributed by atoms with Gasteiger partial charge in [0, 0.05) is 0 Å². The lowest BCUT2D eigenvalue weighted by atomic mass is 9.67. The number of carbonyl (C=O) groups excluding carboxylic acids is 1. The van der Waals surface area contributed by atoms with Crippen LogP contribution in [0, 0.1) is 17.3 Å². The highest BCUT2D eigenvalue weighted by atomic mass is 16.5. The maximum atomic E-state index is 13.3. The Bertz CT molecular complexity index is 587. The number of carbonyl (C=O) groups is 2. The maximum absolute atomic E-state index is 13.3. The van der Waals surface area contributed by atoms with Gasteiger partial charge in [0.15, 0.2) is 0 Å². The van der Waals surface area contributed by atoms with Gasteiger partial charge in [0.2, 0.25) is 0 Å². The van der Waals surface area contributed by atoms with Crippen LogP contribution >= 0.6 is 0 Å². The van der Waals surface area contributed by atoms with Gasteiger partial charge in [-0.25, -0.2) is 0 Å². The molecule has 1 N–H and O–H groups in total. The van der Waals surface area contributed by atoms with E-state index in [1.54, 1.807) is 0 Å². The van der Waals surface area contributed by atoms with Gasteiger partial charge in [0.25, 0.3) is 0 Å². The van der Waals surface area contributed by atoms with Crippen LogP contribution in [-0.4, -0.2) is 23.1 Å². The van der Waals surface area contributed by atoms with Crippen LogP contribution in [0.2, 0.25) is 0 Å². The molecule has 0 bridgehead atoms. The quantitative estimate of drug-likeness (QED) is 0.107. The molecule has 1 aliphatic carbocycles. The van der Waals surface area contributed by atoms with Gasteiger partial charge in [0.1, 0.15) is 6.10 Å². The zero-order chi connectivity index (χ0) is 27.4. The number of carboxylic acids is 1. The summed E-state index contributed by atoms with van der Waals surface area (Å²) < 4.78 is 6.12. The van der Waals surface area contributed by atoms with Crippen LogP contribution in [0.3, 0.4) is 0 Å². The van der Waals surface area contributed by atoms with E-state index in [-0.39, 0.29) is 12.1 Å². The van der Waals surface area contributed by atoms with Crippen molar-refractivity contribution in [2.75, 3.05) is 0 Å². The minimum absolute atomic E-state index is 0.0603. The topological polar surface area (TPSA) is 63.6 Å². The second-order valence-corrected chi connectivity index (χ2v) is 12.6. The van der Waals surface area contributed by atoms with E-state index in [9.17, 15) is 14.7 Å². The molecule has 1 aliphatic rings. The molecule has 1 saturated carbocycles. The van der Waals surface area contributed by atoms with Crippen molar-refractivity contribution in [1.29, 1.82) is 0 Å². The van der Waals surface area contributed by atoms with Gasteiger partial charge in [-0.3, -0.25) is 9.59 Å². The average Bonchev–Trinajstić information content (AvgIpc) is 2.86. The number of aliphatic carboxylic acids is 1. The highest BCUT2D eigenvalue weighted by Gasteiger charge is 2.48. The highest BCUT2D eigenvalue weighted by molar-refractivity contribution is 5.84. The van der Waals surface area contributed by atoms with Gasteiger partial charge in [-0.2, -0.15) is 0 Å². The highest BCUT2D eigenvalue weighted by Crippen LogP contribution is 2.42. The number of rotatable bonds is 23. The Hall–Kier alpha value is -1.06. The fourth-order valence-corrected chi connectivity index (χ4v) is 6.01. The van der Waals surface area contributed by atoms with Crippen LogP contribution in [0.15, 0.2) is 0 Å². The molecule has 1 rings (SSSR count). The summed E-state index contributed by atoms with van der Waals surface area (Å²) in [7, 11) is 0. The Morgan fingerprint density at radius 2 is 1.22 bits per heavy atom. The molecule has 0 aliphatic heterocycles. The second kappa shape index (κ2) is 20.8. The normalized spacial score (nSPS) is 20.7. The summed E-state index contributed by atoms with van der Waals surface area (Å²) in [6, 6.07) is 0. The van der Waals surface area contributed by atoms with Crippen molar-refractivity contribution in [3.8, 4) is 0 Å². The van der Waals surface area contributed by atoms with Crippen LogP contribution in [-0.2, 0) is 14.3 Å². The average molecular weight is 523 g/mol. The summed E-state index contributed by atoms with van der Waals surface area (Å²) in [5.74, 6) is -0.935. The molecular weight excluding hydrogens is 460 g/mol. The minimum Gasteiger partial charge on any atom is -0.481 e. The van der Waals surface area contributed by atoms with E-state index < -0.39 is 17.3 Å². The number of ether oxygens (including phenoxy) is 1. The molecule has 1 fully saturated rings. The van der Waals surface area contributed by atoms with Gasteiger partial charge >= 0.3 is 11.9 Å². The van der Waals surface area contributed by atoms with E-state index in [1.165, 1.54) is 96.3 Å². The van der Waals surface area contributed by atoms with Gasteiger partial charge in [-0.1, -0.05) is 130 Å². The zero-order valence-corrected chi connectivity index (χ0v) is 25.2. The molecule has 0 aromatic carbocycles. The number of hydrogen-bond donors (Lipinski definition) is 1. The zero-order valence-electron chi connectivity index (χ0n) is 25.2. The molecule has 4 nitrogen and oxygen atoms in total. The summed E-state index contributed by atoms with van der Waals surface area (Å²) in [6.45, 7) is 8.68. The number of esters is 1. The lowest BCUT2D eigenvalue weighted by Crippen LogP contribution is -2.44. The Morgan fingerprint density at radius 1 is 0.757 bits per heavy atom. The number of unbranched alkanes of at least 4 members (excludes halogenated alkanes) is 14. The SMILES string of the molecule is CCCCCCCCCCCCCC(CCCCCCCC(C)C)OC(=O)C1(C)CCCCC1C(=O)O. The summed E-state index contributed by atoms with van der Waals surface area (Å²) >= 11 is 0. The Labute approximate surface area is 230 Å². The molecule has 0 amide bonds. The van der Waals surface area contributed by atoms with Crippen LogP contribution in [0.4, 0.5) is 0 Å². The maximum Gasteiger partial charge on any atom is 0.312 e. The van der Waals surface area contributed by atoms with Crippen molar-refractivity contribution in [3.05, 3.63) is 0 Å². The molecule has 4 heteroatoms. The molecule has 37 heavy (non-hydrogen) atoms. The Balaban J connectivity index is 2.44. The van der Waals surface area contributed by atoms with Crippen LogP contribution < -0.4 is 0 Å². The van der Waals surface area contributed by atoms with Gasteiger partial charge in [-0.15, -0.1) is 0 Å². The number of hydrogen-bond acceptors (Lipinski definition) is 3. The van der Waals surface area contributed by atoms with Crippen molar-refractivity contribution in [1.82, 2.24) is 0 Å². The predicted molar refractivity (Wildman–Crippen MR) is 156 cm³/mol. The van der Waals surface area contributed by atoms with Crippen molar-refractivity contribution in [3.63, 3.8) is 0 Å². The summed E-state index contributed by atoms with van der Waals surface area (Å²) in [4.78, 5) is 25.2. The number of carboxylic acid groups (broad SMARTS) is 1. The third-order valence-electron chi connectivity index (χ3n) is 8.68. The molecular formula is C33H62O4. The van der Waals surface area contributed by atoms with Crippen molar-refractivity contribution in [2.24, 2.45) is 17.3 Å². The molecule has 0 aromatic heterocycles. The standard InChI is InChI=1S/C33H62O4/c1-5-6-7-8-9-10-11-12-13-16-19-24-29(25-20-17-14-15-18-23-28(2)3)37-32(36)33(4)27-22-21-26-30(33)31(34)35/h28-30H,5-27H2,1-4H3,(H,34,35). The Kier molecular flexibility index (Phi) is 19.1. The molecule has 0 spiro atoms. The minimum atomic E-state index is -0.879. The van der Waals surface area contributed by atoms with E-state index in [4.69, 9.17) is 4.74 Å². The largest absolute Gasteiger partial charge is 0.481 e. The van der Waals surface area contributed by atoms with E-state index in [0.717, 1.165) is 44.4 Å². The molecule has 3 unspecified atom stereocenters. The van der Waals surface area contributed by atoms with E-state index in [1.807, 2.05) is 6.92 Å². The van der Waals surface area contributed by atoms with E-state index >= 15 is 0 Å². The molecule has 218 valence electrons. The van der Waals surface area contributed by atoms with Crippen LogP contribution in [0.1, 0.15) is 175 Å². The first-order valence-corrected chi connectivity index (χ1v) is 16.2. The first-order valence-electron chi connectivity index (χ1n) is 16.2. The second-order valence-electron chi connectivity index (χ2n) is 12.6. The molecule has 0 radical (unpaired) electrons. The molecule has 0 saturated heterocycles. The fourth-order valence-electron chi connectivity index (χ4n) is 6.01. The monoisotopic (exact) mass is 522 g/mol. The third kappa shape index (κ3) is 15.2. The van der Waals surface area contributed by atoms with Crippen molar-refractivity contribution in [2.45, 2.75) is 181 Å². The van der Waals surface area contributed by atoms with Gasteiger partial charge < -0.3 is 9.84 Å². The smallest absolute Gasteiger partial charge is 0.312 e. The van der Waals surface area contributed by atoms with Crippen molar-refractivity contribution >= 4 is 11.9 Å². The van der Waals surface area contributed by atoms with E-state index in [0.29, 0.717) is 12.8 Å². The lowest BCUT2D eigenvalue weighted by Gasteiger charge is -2.37. The van der Waals surface area contributed by atoms with Crippen molar-refractivity contribution < 1.29 is 19.4 Å². The third-order valence-corrected chi connectivity index (χ3v) is 8.68. The molecule has 3 atom stereocenters. The molecule has 0 aromatic rings. The summed E-state index contributed by atoms with van der Waals surface area (Å²) in [5, 5.41) is 9.74. The lowest BCUT2D eigenvalue weighted by molar-refractivity contribution is -0.174. The first-order chi connectivity index (χ1) is 17.8.